The summed E-state index contributed by atoms with van der Waals surface area (Å²) in [4.78, 5) is 16.9. The molecule has 3 nitrogen and oxygen atoms in total. The van der Waals surface area contributed by atoms with Crippen LogP contribution in [0, 0.1) is 17.5 Å². The quantitative estimate of drug-likeness (QED) is 0.754. The van der Waals surface area contributed by atoms with E-state index >= 15 is 0 Å². The largest absolute Gasteiger partial charge is 0.307 e. The molecule has 1 heterocycles. The molecule has 0 fully saturated rings. The van der Waals surface area contributed by atoms with Gasteiger partial charge in [0.25, 0.3) is 5.56 Å². The highest BCUT2D eigenvalue weighted by molar-refractivity contribution is 5.54. The summed E-state index contributed by atoms with van der Waals surface area (Å²) < 4.78 is 38.4. The van der Waals surface area contributed by atoms with E-state index in [-0.39, 0.29) is 11.4 Å². The molecule has 0 saturated heterocycles. The number of aromatic amines is 1. The van der Waals surface area contributed by atoms with Crippen LogP contribution in [0.4, 0.5) is 13.2 Å². The maximum atomic E-state index is 12.9. The Kier molecular flexibility index (Phi) is 2.47. The third kappa shape index (κ3) is 1.81. The van der Waals surface area contributed by atoms with Gasteiger partial charge in [-0.2, -0.15) is 0 Å². The highest BCUT2D eigenvalue weighted by atomic mass is 19.2. The summed E-state index contributed by atoms with van der Waals surface area (Å²) in [5.74, 6) is -4.24. The molecule has 6 heteroatoms. The van der Waals surface area contributed by atoms with E-state index in [4.69, 9.17) is 0 Å². The second-order valence-corrected chi connectivity index (χ2v) is 3.04. The normalized spacial score (nSPS) is 10.4. The lowest BCUT2D eigenvalue weighted by atomic mass is 10.2. The Balaban J connectivity index is 2.61. The van der Waals surface area contributed by atoms with Crippen molar-refractivity contribution in [2.24, 2.45) is 0 Å². The van der Waals surface area contributed by atoms with Crippen LogP contribution in [0.5, 0.6) is 0 Å². The van der Waals surface area contributed by atoms with Crippen LogP contribution in [0.1, 0.15) is 0 Å². The Labute approximate surface area is 87.6 Å². The molecular weight excluding hydrogens is 221 g/mol. The molecule has 82 valence electrons. The van der Waals surface area contributed by atoms with Crippen LogP contribution in [-0.4, -0.2) is 9.97 Å². The van der Waals surface area contributed by atoms with Crippen molar-refractivity contribution in [3.8, 4) is 11.4 Å². The first kappa shape index (κ1) is 10.4. The van der Waals surface area contributed by atoms with Gasteiger partial charge in [0.1, 0.15) is 5.82 Å². The molecule has 0 bridgehead atoms. The lowest BCUT2D eigenvalue weighted by molar-refractivity contribution is 0.447. The Morgan fingerprint density at radius 2 is 1.75 bits per heavy atom. The van der Waals surface area contributed by atoms with Crippen molar-refractivity contribution in [2.45, 2.75) is 0 Å². The van der Waals surface area contributed by atoms with Crippen molar-refractivity contribution in [1.29, 1.82) is 0 Å². The number of aromatic nitrogens is 2. The van der Waals surface area contributed by atoms with Crippen LogP contribution in [0.3, 0.4) is 0 Å². The average molecular weight is 226 g/mol. The van der Waals surface area contributed by atoms with Gasteiger partial charge in [0.2, 0.25) is 0 Å². The first-order chi connectivity index (χ1) is 7.58. The van der Waals surface area contributed by atoms with E-state index in [2.05, 4.69) is 9.97 Å². The zero-order valence-corrected chi connectivity index (χ0v) is 7.80. The predicted molar refractivity (Wildman–Crippen MR) is 50.2 cm³/mol. The summed E-state index contributed by atoms with van der Waals surface area (Å²) in [6.07, 6.45) is 1.19. The maximum absolute atomic E-state index is 12.9. The van der Waals surface area contributed by atoms with Gasteiger partial charge in [-0.15, -0.1) is 0 Å². The fourth-order valence-electron chi connectivity index (χ4n) is 1.21. The molecule has 1 N–H and O–H groups in total. The van der Waals surface area contributed by atoms with Crippen LogP contribution in [0.25, 0.3) is 11.4 Å². The van der Waals surface area contributed by atoms with Gasteiger partial charge in [0.05, 0.1) is 0 Å². The molecule has 0 unspecified atom stereocenters. The molecule has 0 radical (unpaired) electrons. The molecule has 0 aliphatic heterocycles. The summed E-state index contributed by atoms with van der Waals surface area (Å²) in [5.41, 5.74) is -0.496. The highest BCUT2D eigenvalue weighted by Gasteiger charge is 2.12. The van der Waals surface area contributed by atoms with Crippen LogP contribution >= 0.6 is 0 Å². The standard InChI is InChI=1S/C10H5F3N2O/c11-6-3-5(4-7(12)9(6)13)10-14-2-1-8(16)15-10/h1-4H,(H,14,15,16). The number of nitrogens with one attached hydrogen (secondary N) is 1. The minimum absolute atomic E-state index is 0.0229. The summed E-state index contributed by atoms with van der Waals surface area (Å²) in [7, 11) is 0. The van der Waals surface area contributed by atoms with E-state index in [0.29, 0.717) is 0 Å². The van der Waals surface area contributed by atoms with Crippen molar-refractivity contribution in [3.05, 3.63) is 52.2 Å². The van der Waals surface area contributed by atoms with Gasteiger partial charge in [0, 0.05) is 17.8 Å². The van der Waals surface area contributed by atoms with Gasteiger partial charge in [-0.05, 0) is 12.1 Å². The smallest absolute Gasteiger partial charge is 0.251 e. The Morgan fingerprint density at radius 1 is 1.12 bits per heavy atom. The lowest BCUT2D eigenvalue weighted by Gasteiger charge is -2.01. The molecular formula is C10H5F3N2O. The number of benzene rings is 1. The number of halogens is 3. The van der Waals surface area contributed by atoms with Gasteiger partial charge in [-0.25, -0.2) is 18.2 Å². The summed E-state index contributed by atoms with van der Waals surface area (Å²) in [6, 6.07) is 2.67. The fourth-order valence-corrected chi connectivity index (χ4v) is 1.21. The zero-order valence-electron chi connectivity index (χ0n) is 7.80. The molecule has 0 spiro atoms. The third-order valence-electron chi connectivity index (χ3n) is 1.93. The predicted octanol–water partition coefficient (Wildman–Crippen LogP) is 1.85. The molecule has 0 atom stereocenters. The van der Waals surface area contributed by atoms with Crippen LogP contribution < -0.4 is 5.56 Å². The summed E-state index contributed by atoms with van der Waals surface area (Å²) >= 11 is 0. The van der Waals surface area contributed by atoms with Crippen molar-refractivity contribution in [3.63, 3.8) is 0 Å². The van der Waals surface area contributed by atoms with Crippen molar-refractivity contribution >= 4 is 0 Å². The molecule has 2 aromatic rings. The number of hydrogen-bond acceptors (Lipinski definition) is 2. The molecule has 1 aromatic carbocycles. The van der Waals surface area contributed by atoms with Gasteiger partial charge >= 0.3 is 0 Å². The number of H-pyrrole nitrogens is 1. The molecule has 16 heavy (non-hydrogen) atoms. The molecule has 0 aliphatic rings. The number of rotatable bonds is 1. The summed E-state index contributed by atoms with van der Waals surface area (Å²) in [5, 5.41) is 0. The van der Waals surface area contributed by atoms with E-state index < -0.39 is 23.0 Å². The van der Waals surface area contributed by atoms with Gasteiger partial charge in [-0.3, -0.25) is 4.79 Å². The zero-order chi connectivity index (χ0) is 11.7. The molecule has 0 aliphatic carbocycles. The Hall–Kier alpha value is -2.11. The third-order valence-corrected chi connectivity index (χ3v) is 1.93. The minimum Gasteiger partial charge on any atom is -0.307 e. The van der Waals surface area contributed by atoms with Crippen molar-refractivity contribution in [2.75, 3.05) is 0 Å². The highest BCUT2D eigenvalue weighted by Crippen LogP contribution is 2.19. The van der Waals surface area contributed by atoms with Crippen LogP contribution in [0.15, 0.2) is 29.2 Å². The van der Waals surface area contributed by atoms with Crippen molar-refractivity contribution in [1.82, 2.24) is 9.97 Å². The molecule has 0 amide bonds. The topological polar surface area (TPSA) is 45.8 Å². The monoisotopic (exact) mass is 226 g/mol. The van der Waals surface area contributed by atoms with Gasteiger partial charge in [-0.1, -0.05) is 0 Å². The Bertz CT molecular complexity index is 572. The second kappa shape index (κ2) is 3.80. The number of nitrogens with zero attached hydrogens (tertiary/aromatic N) is 1. The first-order valence-corrected chi connectivity index (χ1v) is 4.28. The first-order valence-electron chi connectivity index (χ1n) is 4.28. The number of hydrogen-bond donors (Lipinski definition) is 1. The van der Waals surface area contributed by atoms with E-state index in [1.165, 1.54) is 6.20 Å². The van der Waals surface area contributed by atoms with Crippen LogP contribution in [-0.2, 0) is 0 Å². The van der Waals surface area contributed by atoms with Gasteiger partial charge < -0.3 is 4.98 Å². The van der Waals surface area contributed by atoms with Gasteiger partial charge in [0.15, 0.2) is 17.5 Å². The van der Waals surface area contributed by atoms with Crippen molar-refractivity contribution < 1.29 is 13.2 Å². The van der Waals surface area contributed by atoms with Crippen LogP contribution in [0.2, 0.25) is 0 Å². The maximum Gasteiger partial charge on any atom is 0.251 e. The van der Waals surface area contributed by atoms with E-state index in [1.54, 1.807) is 0 Å². The lowest BCUT2D eigenvalue weighted by Crippen LogP contribution is -2.06. The van der Waals surface area contributed by atoms with E-state index in [9.17, 15) is 18.0 Å². The van der Waals surface area contributed by atoms with E-state index in [1.807, 2.05) is 0 Å². The SMILES string of the molecule is O=c1ccnc(-c2cc(F)c(F)c(F)c2)[nH]1. The fraction of sp³-hybridized carbons (Fsp3) is 0. The average Bonchev–Trinajstić information content (AvgIpc) is 2.25. The minimum atomic E-state index is -1.55. The Morgan fingerprint density at radius 3 is 2.31 bits per heavy atom. The second-order valence-electron chi connectivity index (χ2n) is 3.04. The molecule has 2 rings (SSSR count). The summed E-state index contributed by atoms with van der Waals surface area (Å²) in [6.45, 7) is 0. The molecule has 0 saturated carbocycles. The molecule has 1 aromatic heterocycles. The van der Waals surface area contributed by atoms with E-state index in [0.717, 1.165) is 18.2 Å².